The van der Waals surface area contributed by atoms with Crippen molar-refractivity contribution < 1.29 is 8.78 Å². The van der Waals surface area contributed by atoms with Crippen LogP contribution in [0.4, 0.5) is 14.5 Å². The third kappa shape index (κ3) is 3.26. The molecule has 0 spiro atoms. The van der Waals surface area contributed by atoms with Crippen molar-refractivity contribution in [1.29, 1.82) is 0 Å². The van der Waals surface area contributed by atoms with Crippen molar-refractivity contribution >= 4 is 5.69 Å². The Hall–Kier alpha value is -1.12. The van der Waals surface area contributed by atoms with E-state index in [0.29, 0.717) is 5.92 Å². The largest absolute Gasteiger partial charge is 0.377 e. The minimum absolute atomic E-state index is 0.0312. The molecule has 3 heteroatoms. The first-order valence-electron chi connectivity index (χ1n) is 7.10. The second-order valence-corrected chi connectivity index (χ2v) is 6.60. The highest BCUT2D eigenvalue weighted by Crippen LogP contribution is 2.39. The summed E-state index contributed by atoms with van der Waals surface area (Å²) in [5.74, 6) is -0.559. The summed E-state index contributed by atoms with van der Waals surface area (Å²) in [6.45, 7) is 6.61. The van der Waals surface area contributed by atoms with Gasteiger partial charge in [-0.3, -0.25) is 0 Å². The Morgan fingerprint density at radius 2 is 1.63 bits per heavy atom. The quantitative estimate of drug-likeness (QED) is 0.796. The molecule has 1 aliphatic rings. The van der Waals surface area contributed by atoms with Gasteiger partial charge in [0, 0.05) is 6.04 Å². The summed E-state index contributed by atoms with van der Waals surface area (Å²) < 4.78 is 27.5. The van der Waals surface area contributed by atoms with Gasteiger partial charge in [-0.2, -0.15) is 0 Å². The lowest BCUT2D eigenvalue weighted by Gasteiger charge is -2.41. The van der Waals surface area contributed by atoms with E-state index >= 15 is 0 Å². The van der Waals surface area contributed by atoms with Gasteiger partial charge >= 0.3 is 0 Å². The smallest absolute Gasteiger partial charge is 0.149 e. The van der Waals surface area contributed by atoms with Crippen molar-refractivity contribution in [3.05, 3.63) is 29.8 Å². The first kappa shape index (κ1) is 14.3. The Morgan fingerprint density at radius 3 is 2.21 bits per heavy atom. The lowest BCUT2D eigenvalue weighted by Crippen LogP contribution is -2.40. The van der Waals surface area contributed by atoms with Crippen LogP contribution in [0.3, 0.4) is 0 Å². The molecule has 1 N–H and O–H groups in total. The minimum Gasteiger partial charge on any atom is -0.377 e. The van der Waals surface area contributed by atoms with Gasteiger partial charge in [-0.05, 0) is 36.3 Å². The lowest BCUT2D eigenvalue weighted by atomic mass is 9.69. The molecule has 0 bridgehead atoms. The molecule has 1 aromatic carbocycles. The Morgan fingerprint density at radius 1 is 1.05 bits per heavy atom. The summed E-state index contributed by atoms with van der Waals surface area (Å²) in [7, 11) is 0. The highest BCUT2D eigenvalue weighted by atomic mass is 19.1. The van der Waals surface area contributed by atoms with Gasteiger partial charge in [0.05, 0.1) is 0 Å². The number of benzene rings is 1. The number of rotatable bonds is 2. The molecule has 0 aliphatic heterocycles. The van der Waals surface area contributed by atoms with Crippen LogP contribution in [0.2, 0.25) is 0 Å². The predicted octanol–water partition coefficient (Wildman–Crippen LogP) is 4.98. The predicted molar refractivity (Wildman–Crippen MR) is 75.2 cm³/mol. The highest BCUT2D eigenvalue weighted by Gasteiger charge is 2.34. The third-order valence-electron chi connectivity index (χ3n) is 4.17. The maximum Gasteiger partial charge on any atom is 0.149 e. The summed E-state index contributed by atoms with van der Waals surface area (Å²) in [5, 5.41) is 3.12. The summed E-state index contributed by atoms with van der Waals surface area (Å²) in [6, 6.07) is 4.17. The molecule has 1 nitrogen and oxygen atoms in total. The Kier molecular flexibility index (Phi) is 4.12. The van der Waals surface area contributed by atoms with Crippen molar-refractivity contribution in [3.8, 4) is 0 Å². The third-order valence-corrected chi connectivity index (χ3v) is 4.17. The molecule has 1 aliphatic carbocycles. The zero-order valence-corrected chi connectivity index (χ0v) is 12.0. The normalized spacial score (nSPS) is 24.3. The monoisotopic (exact) mass is 267 g/mol. The van der Waals surface area contributed by atoms with E-state index in [-0.39, 0.29) is 17.1 Å². The van der Waals surface area contributed by atoms with Crippen LogP contribution in [0, 0.1) is 23.0 Å². The maximum absolute atomic E-state index is 13.7. The van der Waals surface area contributed by atoms with Gasteiger partial charge in [0.15, 0.2) is 0 Å². The standard InChI is InChI=1S/C16H23F2N/c1-16(2,3)11-7-4-5-10-14(11)19-15-12(17)8-6-9-13(15)18/h6,8-9,11,14,19H,4-5,7,10H2,1-3H3. The first-order chi connectivity index (χ1) is 8.89. The molecular weight excluding hydrogens is 244 g/mol. The van der Waals surface area contributed by atoms with E-state index in [9.17, 15) is 8.78 Å². The van der Waals surface area contributed by atoms with E-state index < -0.39 is 11.6 Å². The number of hydrogen-bond acceptors (Lipinski definition) is 1. The summed E-state index contributed by atoms with van der Waals surface area (Å²) in [5.41, 5.74) is 0.184. The molecule has 1 aromatic rings. The van der Waals surface area contributed by atoms with Gasteiger partial charge in [0.1, 0.15) is 17.3 Å². The van der Waals surface area contributed by atoms with Gasteiger partial charge < -0.3 is 5.32 Å². The molecule has 1 saturated carbocycles. The van der Waals surface area contributed by atoms with Crippen LogP contribution in [0.5, 0.6) is 0 Å². The van der Waals surface area contributed by atoms with Crippen LogP contribution >= 0.6 is 0 Å². The average molecular weight is 267 g/mol. The van der Waals surface area contributed by atoms with Crippen molar-refractivity contribution in [2.45, 2.75) is 52.5 Å². The molecule has 0 heterocycles. The van der Waals surface area contributed by atoms with Crippen LogP contribution < -0.4 is 5.32 Å². The fourth-order valence-electron chi connectivity index (χ4n) is 3.16. The number of hydrogen-bond donors (Lipinski definition) is 1. The Labute approximate surface area is 114 Å². The summed E-state index contributed by atoms with van der Waals surface area (Å²) in [6.07, 6.45) is 4.44. The maximum atomic E-state index is 13.7. The van der Waals surface area contributed by atoms with Crippen LogP contribution in [0.1, 0.15) is 46.5 Å². The van der Waals surface area contributed by atoms with Crippen molar-refractivity contribution in [2.24, 2.45) is 11.3 Å². The van der Waals surface area contributed by atoms with Gasteiger partial charge in [-0.1, -0.05) is 39.7 Å². The fraction of sp³-hybridized carbons (Fsp3) is 0.625. The Bertz CT molecular complexity index is 417. The van der Waals surface area contributed by atoms with Gasteiger partial charge in [0.2, 0.25) is 0 Å². The van der Waals surface area contributed by atoms with Crippen molar-refractivity contribution in [3.63, 3.8) is 0 Å². The zero-order valence-electron chi connectivity index (χ0n) is 12.0. The number of anilines is 1. The molecule has 2 unspecified atom stereocenters. The Balaban J connectivity index is 2.20. The van der Waals surface area contributed by atoms with Crippen molar-refractivity contribution in [1.82, 2.24) is 0 Å². The van der Waals surface area contributed by atoms with Crippen LogP contribution in [0.25, 0.3) is 0 Å². The van der Waals surface area contributed by atoms with Gasteiger partial charge in [-0.25, -0.2) is 8.78 Å². The molecule has 1 fully saturated rings. The van der Waals surface area contributed by atoms with E-state index in [1.165, 1.54) is 24.6 Å². The molecule has 2 rings (SSSR count). The van der Waals surface area contributed by atoms with Crippen LogP contribution in [0.15, 0.2) is 18.2 Å². The number of halogens is 2. The molecule has 106 valence electrons. The van der Waals surface area contributed by atoms with E-state index in [1.54, 1.807) is 0 Å². The number of para-hydroxylation sites is 1. The van der Waals surface area contributed by atoms with E-state index in [1.807, 2.05) is 0 Å². The first-order valence-corrected chi connectivity index (χ1v) is 7.10. The second-order valence-electron chi connectivity index (χ2n) is 6.60. The average Bonchev–Trinajstić information content (AvgIpc) is 2.33. The fourth-order valence-corrected chi connectivity index (χ4v) is 3.16. The SMILES string of the molecule is CC(C)(C)C1CCCCC1Nc1c(F)cccc1F. The van der Waals surface area contributed by atoms with Gasteiger partial charge in [0.25, 0.3) is 0 Å². The molecule has 0 radical (unpaired) electrons. The second kappa shape index (κ2) is 5.48. The molecule has 0 saturated heterocycles. The highest BCUT2D eigenvalue weighted by molar-refractivity contribution is 5.47. The van der Waals surface area contributed by atoms with E-state index in [2.05, 4.69) is 26.1 Å². The molecular formula is C16H23F2N. The van der Waals surface area contributed by atoms with Crippen LogP contribution in [-0.4, -0.2) is 6.04 Å². The number of nitrogens with one attached hydrogen (secondary N) is 1. The van der Waals surface area contributed by atoms with E-state index in [0.717, 1.165) is 19.3 Å². The van der Waals surface area contributed by atoms with E-state index in [4.69, 9.17) is 0 Å². The summed E-state index contributed by atoms with van der Waals surface area (Å²) in [4.78, 5) is 0. The summed E-state index contributed by atoms with van der Waals surface area (Å²) >= 11 is 0. The zero-order chi connectivity index (χ0) is 14.0. The minimum atomic E-state index is -0.502. The molecule has 2 atom stereocenters. The molecule has 0 amide bonds. The molecule has 0 aromatic heterocycles. The molecule has 19 heavy (non-hydrogen) atoms. The van der Waals surface area contributed by atoms with Crippen LogP contribution in [-0.2, 0) is 0 Å². The lowest BCUT2D eigenvalue weighted by molar-refractivity contribution is 0.162. The van der Waals surface area contributed by atoms with Crippen molar-refractivity contribution in [2.75, 3.05) is 5.32 Å². The topological polar surface area (TPSA) is 12.0 Å². The van der Waals surface area contributed by atoms with Gasteiger partial charge in [-0.15, -0.1) is 0 Å².